The minimum atomic E-state index is -0.482. The van der Waals surface area contributed by atoms with E-state index in [1.54, 1.807) is 25.7 Å². The predicted octanol–water partition coefficient (Wildman–Crippen LogP) is 4.25. The van der Waals surface area contributed by atoms with Crippen LogP contribution in [0.2, 0.25) is 0 Å². The Morgan fingerprint density at radius 2 is 1.80 bits per heavy atom. The highest BCUT2D eigenvalue weighted by Gasteiger charge is 2.35. The Hall–Kier alpha value is -3.09. The summed E-state index contributed by atoms with van der Waals surface area (Å²) in [6.07, 6.45) is 2.70. The van der Waals surface area contributed by atoms with Crippen LogP contribution in [0.25, 0.3) is 0 Å². The van der Waals surface area contributed by atoms with Gasteiger partial charge >= 0.3 is 12.0 Å². The molecule has 3 rings (SSSR count). The molecule has 2 amide bonds. The Morgan fingerprint density at radius 1 is 1.13 bits per heavy atom. The molecule has 2 N–H and O–H groups in total. The zero-order valence-electron chi connectivity index (χ0n) is 18.0. The van der Waals surface area contributed by atoms with Crippen molar-refractivity contribution < 1.29 is 19.1 Å². The van der Waals surface area contributed by atoms with Gasteiger partial charge in [0.2, 0.25) is 0 Å². The van der Waals surface area contributed by atoms with Gasteiger partial charge in [0.1, 0.15) is 5.69 Å². The fraction of sp³-hybridized carbons (Fsp3) is 0.435. The molecular weight excluding hydrogens is 382 g/mol. The second-order valence-corrected chi connectivity index (χ2v) is 7.61. The van der Waals surface area contributed by atoms with Gasteiger partial charge in [-0.1, -0.05) is 19.1 Å². The third-order valence-corrected chi connectivity index (χ3v) is 5.37. The van der Waals surface area contributed by atoms with Crippen molar-refractivity contribution >= 4 is 23.5 Å². The number of carbonyl (C=O) groups is 3. The fourth-order valence-corrected chi connectivity index (χ4v) is 3.58. The number of carbonyl (C=O) groups excluding carboxylic acids is 3. The summed E-state index contributed by atoms with van der Waals surface area (Å²) in [5.41, 5.74) is 3.79. The number of nitrogens with zero attached hydrogens (tertiary/aromatic N) is 1. The summed E-state index contributed by atoms with van der Waals surface area (Å²) in [5, 5.41) is 2.89. The van der Waals surface area contributed by atoms with Crippen molar-refractivity contribution in [2.75, 3.05) is 18.5 Å². The number of aromatic amines is 1. The SMILES string of the molecule is CCOC(=O)c1[nH]c(C)c(C(=O)CN(C(=O)Nc2ccc(CC)cc2)C2CC2)c1C. The Bertz CT molecular complexity index is 942. The Labute approximate surface area is 176 Å². The molecule has 1 aliphatic rings. The number of aryl methyl sites for hydroxylation is 2. The van der Waals surface area contributed by atoms with Crippen molar-refractivity contribution in [2.24, 2.45) is 0 Å². The summed E-state index contributed by atoms with van der Waals surface area (Å²) < 4.78 is 5.05. The van der Waals surface area contributed by atoms with Gasteiger partial charge < -0.3 is 19.9 Å². The zero-order valence-corrected chi connectivity index (χ0v) is 18.0. The largest absolute Gasteiger partial charge is 0.461 e. The standard InChI is InChI=1S/C23H29N3O4/c1-5-16-7-9-17(10-8-16)25-23(29)26(18-11-12-18)13-19(27)20-14(3)21(24-15(20)4)22(28)30-6-2/h7-10,18,24H,5-6,11-13H2,1-4H3,(H,25,29). The molecule has 0 radical (unpaired) electrons. The molecule has 0 unspecified atom stereocenters. The summed E-state index contributed by atoms with van der Waals surface area (Å²) in [6, 6.07) is 7.47. The van der Waals surface area contributed by atoms with Crippen LogP contribution in [-0.4, -0.2) is 46.9 Å². The maximum absolute atomic E-state index is 13.1. The van der Waals surface area contributed by atoms with Gasteiger partial charge in [-0.25, -0.2) is 9.59 Å². The van der Waals surface area contributed by atoms with Gasteiger partial charge in [-0.2, -0.15) is 0 Å². The molecule has 7 heteroatoms. The molecule has 160 valence electrons. The summed E-state index contributed by atoms with van der Waals surface area (Å²) >= 11 is 0. The Morgan fingerprint density at radius 3 is 2.37 bits per heavy atom. The first kappa shape index (κ1) is 21.6. The maximum Gasteiger partial charge on any atom is 0.355 e. The first-order chi connectivity index (χ1) is 14.3. The Kier molecular flexibility index (Phi) is 6.59. The monoisotopic (exact) mass is 411 g/mol. The van der Waals surface area contributed by atoms with Crippen LogP contribution in [0, 0.1) is 13.8 Å². The molecule has 30 heavy (non-hydrogen) atoms. The Balaban J connectivity index is 1.74. The molecule has 1 aromatic carbocycles. The quantitative estimate of drug-likeness (QED) is 0.502. The van der Waals surface area contributed by atoms with E-state index in [1.165, 1.54) is 5.56 Å². The number of rotatable bonds is 8. The third-order valence-electron chi connectivity index (χ3n) is 5.37. The van der Waals surface area contributed by atoms with Crippen LogP contribution in [0.15, 0.2) is 24.3 Å². The van der Waals surface area contributed by atoms with Crippen LogP contribution in [-0.2, 0) is 11.2 Å². The van der Waals surface area contributed by atoms with Crippen LogP contribution in [0.3, 0.4) is 0 Å². The van der Waals surface area contributed by atoms with Crippen LogP contribution in [0.5, 0.6) is 0 Å². The van der Waals surface area contributed by atoms with Gasteiger partial charge in [0, 0.05) is 23.0 Å². The molecular formula is C23H29N3O4. The van der Waals surface area contributed by atoms with E-state index in [0.29, 0.717) is 22.5 Å². The number of anilines is 1. The number of ether oxygens (including phenoxy) is 1. The van der Waals surface area contributed by atoms with E-state index in [4.69, 9.17) is 4.74 Å². The number of ketones is 1. The van der Waals surface area contributed by atoms with Crippen LogP contribution in [0.4, 0.5) is 10.5 Å². The zero-order chi connectivity index (χ0) is 21.8. The van der Waals surface area contributed by atoms with Gasteiger partial charge in [-0.05, 0) is 63.3 Å². The molecule has 1 aliphatic carbocycles. The molecule has 1 saturated carbocycles. The van der Waals surface area contributed by atoms with E-state index in [-0.39, 0.29) is 36.7 Å². The lowest BCUT2D eigenvalue weighted by Crippen LogP contribution is -2.40. The average molecular weight is 412 g/mol. The normalized spacial score (nSPS) is 13.1. The number of H-pyrrole nitrogens is 1. The molecule has 0 aliphatic heterocycles. The minimum Gasteiger partial charge on any atom is -0.461 e. The lowest BCUT2D eigenvalue weighted by molar-refractivity contribution is 0.0519. The second kappa shape index (κ2) is 9.15. The number of urea groups is 1. The minimum absolute atomic E-state index is 0.0364. The molecule has 0 spiro atoms. The van der Waals surface area contributed by atoms with Gasteiger partial charge in [-0.3, -0.25) is 4.79 Å². The lowest BCUT2D eigenvalue weighted by Gasteiger charge is -2.22. The predicted molar refractivity (Wildman–Crippen MR) is 115 cm³/mol. The van der Waals surface area contributed by atoms with E-state index < -0.39 is 5.97 Å². The van der Waals surface area contributed by atoms with Crippen molar-refractivity contribution in [1.29, 1.82) is 0 Å². The summed E-state index contributed by atoms with van der Waals surface area (Å²) in [6.45, 7) is 7.50. The highest BCUT2D eigenvalue weighted by atomic mass is 16.5. The van der Waals surface area contributed by atoms with Crippen LogP contribution >= 0.6 is 0 Å². The van der Waals surface area contributed by atoms with E-state index in [2.05, 4.69) is 17.2 Å². The molecule has 1 aromatic heterocycles. The van der Waals surface area contributed by atoms with E-state index >= 15 is 0 Å². The van der Waals surface area contributed by atoms with Crippen molar-refractivity contribution in [3.63, 3.8) is 0 Å². The van der Waals surface area contributed by atoms with Gasteiger partial charge in [0.15, 0.2) is 5.78 Å². The first-order valence-electron chi connectivity index (χ1n) is 10.4. The summed E-state index contributed by atoms with van der Waals surface area (Å²) in [7, 11) is 0. The highest BCUT2D eigenvalue weighted by Crippen LogP contribution is 2.29. The number of amides is 2. The third kappa shape index (κ3) is 4.72. The molecule has 0 saturated heterocycles. The van der Waals surface area contributed by atoms with Crippen LogP contribution in [0.1, 0.15) is 64.4 Å². The lowest BCUT2D eigenvalue weighted by atomic mass is 10.1. The highest BCUT2D eigenvalue weighted by molar-refractivity contribution is 6.05. The van der Waals surface area contributed by atoms with Gasteiger partial charge in [-0.15, -0.1) is 0 Å². The first-order valence-corrected chi connectivity index (χ1v) is 10.4. The number of esters is 1. The summed E-state index contributed by atoms with van der Waals surface area (Å²) in [5.74, 6) is -0.676. The number of hydrogen-bond donors (Lipinski definition) is 2. The molecule has 7 nitrogen and oxygen atoms in total. The van der Waals surface area contributed by atoms with Crippen molar-refractivity contribution in [3.05, 3.63) is 52.3 Å². The smallest absolute Gasteiger partial charge is 0.355 e. The second-order valence-electron chi connectivity index (χ2n) is 7.61. The molecule has 2 aromatic rings. The van der Waals surface area contributed by atoms with E-state index in [0.717, 1.165) is 19.3 Å². The van der Waals surface area contributed by atoms with Crippen molar-refractivity contribution in [2.45, 2.75) is 53.0 Å². The molecule has 0 bridgehead atoms. The number of Topliss-reactive ketones (excluding diaryl/α,β-unsaturated/α-hetero) is 1. The van der Waals surface area contributed by atoms with Gasteiger partial charge in [0.05, 0.1) is 13.2 Å². The molecule has 1 heterocycles. The van der Waals surface area contributed by atoms with Crippen molar-refractivity contribution in [1.82, 2.24) is 9.88 Å². The molecule has 0 atom stereocenters. The average Bonchev–Trinajstić information content (AvgIpc) is 3.51. The number of hydrogen-bond acceptors (Lipinski definition) is 4. The van der Waals surface area contributed by atoms with Gasteiger partial charge in [0.25, 0.3) is 0 Å². The maximum atomic E-state index is 13.1. The topological polar surface area (TPSA) is 91.5 Å². The summed E-state index contributed by atoms with van der Waals surface area (Å²) in [4.78, 5) is 42.6. The number of benzene rings is 1. The van der Waals surface area contributed by atoms with Crippen LogP contribution < -0.4 is 5.32 Å². The van der Waals surface area contributed by atoms with E-state index in [1.807, 2.05) is 24.3 Å². The number of aromatic nitrogens is 1. The fourth-order valence-electron chi connectivity index (χ4n) is 3.58. The molecule has 1 fully saturated rings. The van der Waals surface area contributed by atoms with E-state index in [9.17, 15) is 14.4 Å². The van der Waals surface area contributed by atoms with Crippen molar-refractivity contribution in [3.8, 4) is 0 Å². The number of nitrogens with one attached hydrogen (secondary N) is 2.